The number of nitrogens with one attached hydrogen (secondary N) is 1. The van der Waals surface area contributed by atoms with Crippen LogP contribution in [-0.2, 0) is 13.1 Å². The van der Waals surface area contributed by atoms with Crippen LogP contribution in [0.1, 0.15) is 10.0 Å². The van der Waals surface area contributed by atoms with E-state index in [-0.39, 0.29) is 22.6 Å². The van der Waals surface area contributed by atoms with Crippen LogP contribution < -0.4 is 21.1 Å². The summed E-state index contributed by atoms with van der Waals surface area (Å²) in [7, 11) is 3.49. The Labute approximate surface area is 234 Å². The van der Waals surface area contributed by atoms with E-state index in [0.717, 1.165) is 10.0 Å². The minimum Gasteiger partial charge on any atom is -0.350 e. The number of hydrogen-bond acceptors (Lipinski definition) is 14. The van der Waals surface area contributed by atoms with Crippen LogP contribution in [0.2, 0.25) is 5.15 Å². The molecule has 3 N–H and O–H groups in total. The molecule has 0 aliphatic carbocycles. The van der Waals surface area contributed by atoms with E-state index < -0.39 is 11.6 Å². The summed E-state index contributed by atoms with van der Waals surface area (Å²) in [6.07, 6.45) is 7.06. The normalized spacial score (nSPS) is 10.6. The van der Waals surface area contributed by atoms with Gasteiger partial charge in [-0.05, 0) is 12.5 Å². The molecule has 37 heavy (non-hydrogen) atoms. The Morgan fingerprint density at radius 2 is 1.35 bits per heavy atom. The molecule has 0 atom stereocenters. The maximum atomic E-state index is 14.1. The van der Waals surface area contributed by atoms with Crippen LogP contribution in [0, 0.1) is 11.6 Å². The van der Waals surface area contributed by atoms with Gasteiger partial charge in [0.05, 0.1) is 13.1 Å². The predicted octanol–water partition coefficient (Wildman–Crippen LogP) is 4.80. The molecular weight excluding hydrogens is 582 g/mol. The minimum absolute atomic E-state index is 0.0136. The number of halogens is 3. The average molecular weight is 605 g/mol. The molecule has 0 saturated heterocycles. The molecule has 0 spiro atoms. The Morgan fingerprint density at radius 1 is 0.865 bits per heavy atom. The average Bonchev–Trinajstić information content (AvgIpc) is 3.60. The molecule has 198 valence electrons. The minimum atomic E-state index is -0.603. The van der Waals surface area contributed by atoms with Crippen molar-refractivity contribution in [1.82, 2.24) is 29.9 Å². The zero-order chi connectivity index (χ0) is 26.9. The van der Waals surface area contributed by atoms with Gasteiger partial charge in [0.15, 0.2) is 32.9 Å². The van der Waals surface area contributed by atoms with E-state index in [9.17, 15) is 8.78 Å². The Hall–Kier alpha value is -2.37. The molecule has 0 bridgehead atoms. The lowest BCUT2D eigenvalue weighted by molar-refractivity contribution is 0.599. The van der Waals surface area contributed by atoms with Crippen molar-refractivity contribution in [1.29, 1.82) is 0 Å². The van der Waals surface area contributed by atoms with Crippen molar-refractivity contribution in [2.24, 2.45) is 5.84 Å². The zero-order valence-corrected chi connectivity index (χ0v) is 24.2. The fourth-order valence-electron chi connectivity index (χ4n) is 2.81. The first-order chi connectivity index (χ1) is 17.8. The fourth-order valence-corrected chi connectivity index (χ4v) is 5.08. The van der Waals surface area contributed by atoms with E-state index in [1.807, 2.05) is 23.3 Å². The van der Waals surface area contributed by atoms with E-state index in [2.05, 4.69) is 35.3 Å². The summed E-state index contributed by atoms with van der Waals surface area (Å²) in [4.78, 5) is 27.7. The van der Waals surface area contributed by atoms with Crippen molar-refractivity contribution in [3.05, 3.63) is 50.0 Å². The number of anilines is 3. The van der Waals surface area contributed by atoms with Crippen LogP contribution in [0.5, 0.6) is 0 Å². The molecule has 0 aliphatic heterocycles. The number of hydrazine groups is 1. The van der Waals surface area contributed by atoms with Gasteiger partial charge in [0.2, 0.25) is 11.6 Å². The fraction of sp³-hybridized carbons (Fsp3) is 0.300. The second kappa shape index (κ2) is 14.0. The third-order valence-corrected chi connectivity index (χ3v) is 7.40. The highest BCUT2D eigenvalue weighted by molar-refractivity contribution is 7.98. The van der Waals surface area contributed by atoms with Gasteiger partial charge in [0.25, 0.3) is 0 Å². The third kappa shape index (κ3) is 7.81. The van der Waals surface area contributed by atoms with Gasteiger partial charge in [-0.3, -0.25) is 0 Å². The molecule has 4 rings (SSSR count). The van der Waals surface area contributed by atoms with E-state index >= 15 is 0 Å². The SMILES string of the molecule is CSc1nc(Cl)c(F)c(N(C)Cc2nccs2)n1.CSc1nc(NN)c(F)c(N(C)Cc2nccs2)n1. The Kier molecular flexibility index (Phi) is 11.0. The molecule has 4 aromatic rings. The van der Waals surface area contributed by atoms with Crippen LogP contribution in [0.3, 0.4) is 0 Å². The molecular formula is C20H23ClF2N10S4. The smallest absolute Gasteiger partial charge is 0.209 e. The van der Waals surface area contributed by atoms with Crippen LogP contribution in [0.25, 0.3) is 0 Å². The lowest BCUT2D eigenvalue weighted by Crippen LogP contribution is -2.21. The molecule has 4 aromatic heterocycles. The topological polar surface area (TPSA) is 122 Å². The van der Waals surface area contributed by atoms with Gasteiger partial charge in [0.1, 0.15) is 10.0 Å². The van der Waals surface area contributed by atoms with Crippen LogP contribution in [0.15, 0.2) is 33.5 Å². The number of rotatable bonds is 9. The predicted molar refractivity (Wildman–Crippen MR) is 149 cm³/mol. The monoisotopic (exact) mass is 604 g/mol. The summed E-state index contributed by atoms with van der Waals surface area (Å²) in [5, 5.41) is 6.26. The number of nitrogen functional groups attached to an aromatic ring is 1. The van der Waals surface area contributed by atoms with Crippen molar-refractivity contribution < 1.29 is 8.78 Å². The Balaban J connectivity index is 0.000000206. The number of nitrogens with zero attached hydrogens (tertiary/aromatic N) is 8. The Bertz CT molecular complexity index is 1280. The maximum Gasteiger partial charge on any atom is 0.209 e. The summed E-state index contributed by atoms with van der Waals surface area (Å²) in [5.74, 6) is 4.46. The van der Waals surface area contributed by atoms with Crippen LogP contribution in [-0.4, -0.2) is 56.5 Å². The molecule has 0 radical (unpaired) electrons. The first-order valence-corrected chi connectivity index (χ1v) is 14.9. The number of aromatic nitrogens is 6. The van der Waals surface area contributed by atoms with Crippen molar-refractivity contribution >= 4 is 75.3 Å². The van der Waals surface area contributed by atoms with Gasteiger partial charge in [-0.15, -0.1) is 22.7 Å². The molecule has 4 heterocycles. The number of thioether (sulfide) groups is 2. The third-order valence-electron chi connectivity index (χ3n) is 4.52. The van der Waals surface area contributed by atoms with E-state index in [1.165, 1.54) is 46.2 Å². The molecule has 0 aliphatic rings. The van der Waals surface area contributed by atoms with Gasteiger partial charge in [-0.2, -0.15) is 8.78 Å². The van der Waals surface area contributed by atoms with E-state index in [0.29, 0.717) is 23.4 Å². The van der Waals surface area contributed by atoms with Crippen molar-refractivity contribution in [3.8, 4) is 0 Å². The molecule has 0 fully saturated rings. The summed E-state index contributed by atoms with van der Waals surface area (Å²) in [6.45, 7) is 0.958. The van der Waals surface area contributed by atoms with Crippen molar-refractivity contribution in [3.63, 3.8) is 0 Å². The second-order valence-corrected chi connectivity index (χ2v) is 10.9. The maximum absolute atomic E-state index is 14.1. The number of hydrogen-bond donors (Lipinski definition) is 2. The van der Waals surface area contributed by atoms with Crippen molar-refractivity contribution in [2.45, 2.75) is 23.4 Å². The van der Waals surface area contributed by atoms with Gasteiger partial charge in [-0.25, -0.2) is 35.7 Å². The summed E-state index contributed by atoms with van der Waals surface area (Å²) >= 11 is 11.4. The highest BCUT2D eigenvalue weighted by Gasteiger charge is 2.18. The molecule has 17 heteroatoms. The highest BCUT2D eigenvalue weighted by atomic mass is 35.5. The summed E-state index contributed by atoms with van der Waals surface area (Å²) < 4.78 is 28.0. The lowest BCUT2D eigenvalue weighted by Gasteiger charge is -2.18. The molecule has 10 nitrogen and oxygen atoms in total. The molecule has 0 unspecified atom stereocenters. The lowest BCUT2D eigenvalue weighted by atomic mass is 10.4. The quantitative estimate of drug-likeness (QED) is 0.0897. The zero-order valence-electron chi connectivity index (χ0n) is 20.1. The van der Waals surface area contributed by atoms with Gasteiger partial charge < -0.3 is 15.2 Å². The van der Waals surface area contributed by atoms with E-state index in [1.54, 1.807) is 36.3 Å². The van der Waals surface area contributed by atoms with Gasteiger partial charge in [-0.1, -0.05) is 35.1 Å². The first kappa shape index (κ1) is 29.2. The number of thiazole rings is 2. The standard InChI is InChI=1S/C10H10ClFN4S2.C10H13FN6S2/c1-16(5-6-13-3-4-18-6)9-7(12)8(11)14-10(15-9)17-2;1-17(5-6-13-3-4-19-6)9-7(11)8(16-12)14-10(15-9)18-2/h3-4H,5H2,1-2H3;3-4H,5,12H2,1-2H3,(H,14,15,16). The van der Waals surface area contributed by atoms with E-state index in [4.69, 9.17) is 17.4 Å². The van der Waals surface area contributed by atoms with Crippen LogP contribution >= 0.6 is 57.8 Å². The molecule has 0 amide bonds. The van der Waals surface area contributed by atoms with Crippen LogP contribution in [0.4, 0.5) is 26.2 Å². The number of nitrogens with two attached hydrogens (primary N) is 1. The Morgan fingerprint density at radius 3 is 1.78 bits per heavy atom. The van der Waals surface area contributed by atoms with Crippen molar-refractivity contribution in [2.75, 3.05) is 41.8 Å². The largest absolute Gasteiger partial charge is 0.350 e. The molecule has 0 saturated carbocycles. The summed E-state index contributed by atoms with van der Waals surface area (Å²) in [6, 6.07) is 0. The highest BCUT2D eigenvalue weighted by Crippen LogP contribution is 2.27. The van der Waals surface area contributed by atoms with Gasteiger partial charge in [0, 0.05) is 37.2 Å². The molecule has 0 aromatic carbocycles. The second-order valence-electron chi connectivity index (χ2n) is 7.04. The summed E-state index contributed by atoms with van der Waals surface area (Å²) in [5.41, 5.74) is 2.24. The first-order valence-electron chi connectivity index (χ1n) is 10.3. The van der Waals surface area contributed by atoms with Gasteiger partial charge >= 0.3 is 0 Å².